The lowest BCUT2D eigenvalue weighted by molar-refractivity contribution is 0.654. The molecule has 13 heavy (non-hydrogen) atoms. The van der Waals surface area contributed by atoms with Crippen LogP contribution in [0, 0.1) is 6.92 Å². The summed E-state index contributed by atoms with van der Waals surface area (Å²) in [5.74, 6) is 1.45. The average Bonchev–Trinajstić information content (AvgIpc) is 2.52. The van der Waals surface area contributed by atoms with E-state index in [4.69, 9.17) is 0 Å². The number of rotatable bonds is 1. The molecule has 1 fully saturated rings. The van der Waals surface area contributed by atoms with Crippen LogP contribution in [-0.2, 0) is 0 Å². The molecular weight excluding hydrogens is 162 g/mol. The molecule has 1 aromatic rings. The monoisotopic (exact) mass is 177 g/mol. The first-order valence-electron chi connectivity index (χ1n) is 4.78. The van der Waals surface area contributed by atoms with Gasteiger partial charge in [-0.15, -0.1) is 0 Å². The quantitative estimate of drug-likeness (QED) is 0.701. The van der Waals surface area contributed by atoms with E-state index >= 15 is 0 Å². The van der Waals surface area contributed by atoms with Gasteiger partial charge in [-0.25, -0.2) is 9.97 Å². The van der Waals surface area contributed by atoms with Gasteiger partial charge in [0.1, 0.15) is 5.82 Å². The summed E-state index contributed by atoms with van der Waals surface area (Å²) in [6, 6.07) is 2.65. The molecule has 0 aliphatic carbocycles. The minimum absolute atomic E-state index is 0.580. The zero-order valence-corrected chi connectivity index (χ0v) is 8.12. The topological polar surface area (TPSA) is 37.8 Å². The Morgan fingerprint density at radius 3 is 3.00 bits per heavy atom. The number of nitrogens with zero attached hydrogens (tertiary/aromatic N) is 2. The minimum atomic E-state index is 0.580. The van der Waals surface area contributed by atoms with Crippen molar-refractivity contribution in [1.82, 2.24) is 15.3 Å². The van der Waals surface area contributed by atoms with Crippen LogP contribution in [0.1, 0.15) is 30.8 Å². The molecular formula is C10H15N3. The molecule has 1 N–H and O–H groups in total. The maximum atomic E-state index is 4.44. The Morgan fingerprint density at radius 2 is 2.38 bits per heavy atom. The second-order valence-electron chi connectivity index (χ2n) is 3.77. The summed E-state index contributed by atoms with van der Waals surface area (Å²) in [5.41, 5.74) is 1.18. The van der Waals surface area contributed by atoms with Gasteiger partial charge in [-0.1, -0.05) is 0 Å². The first-order chi connectivity index (χ1) is 6.25. The highest BCUT2D eigenvalue weighted by molar-refractivity contribution is 5.11. The third-order valence-electron chi connectivity index (χ3n) is 2.57. The van der Waals surface area contributed by atoms with Crippen molar-refractivity contribution < 1.29 is 0 Å². The SMILES string of the molecule is Cc1nccc(C2CNC(C)C2)n1. The van der Waals surface area contributed by atoms with E-state index in [0.29, 0.717) is 12.0 Å². The van der Waals surface area contributed by atoms with Gasteiger partial charge in [0, 0.05) is 30.4 Å². The second kappa shape index (κ2) is 3.42. The van der Waals surface area contributed by atoms with Crippen LogP contribution in [-0.4, -0.2) is 22.6 Å². The second-order valence-corrected chi connectivity index (χ2v) is 3.77. The first-order valence-corrected chi connectivity index (χ1v) is 4.78. The molecule has 2 unspecified atom stereocenters. The van der Waals surface area contributed by atoms with Crippen molar-refractivity contribution in [3.8, 4) is 0 Å². The molecule has 3 heteroatoms. The molecule has 2 heterocycles. The molecule has 1 aliphatic rings. The summed E-state index contributed by atoms with van der Waals surface area (Å²) in [6.45, 7) is 5.21. The van der Waals surface area contributed by atoms with Gasteiger partial charge in [0.2, 0.25) is 0 Å². The lowest BCUT2D eigenvalue weighted by Crippen LogP contribution is -2.16. The Morgan fingerprint density at radius 1 is 1.54 bits per heavy atom. The van der Waals surface area contributed by atoms with E-state index in [9.17, 15) is 0 Å². The van der Waals surface area contributed by atoms with E-state index < -0.39 is 0 Å². The van der Waals surface area contributed by atoms with E-state index in [2.05, 4.69) is 22.2 Å². The average molecular weight is 177 g/mol. The number of aryl methyl sites for hydroxylation is 1. The maximum Gasteiger partial charge on any atom is 0.125 e. The number of aromatic nitrogens is 2. The minimum Gasteiger partial charge on any atom is -0.314 e. The van der Waals surface area contributed by atoms with Crippen molar-refractivity contribution in [3.63, 3.8) is 0 Å². The molecule has 2 atom stereocenters. The van der Waals surface area contributed by atoms with Crippen molar-refractivity contribution in [2.75, 3.05) is 6.54 Å². The Kier molecular flexibility index (Phi) is 2.27. The summed E-state index contributed by atoms with van der Waals surface area (Å²) < 4.78 is 0. The van der Waals surface area contributed by atoms with E-state index in [0.717, 1.165) is 12.4 Å². The highest BCUT2D eigenvalue weighted by atomic mass is 15.0. The Balaban J connectivity index is 2.16. The predicted molar refractivity (Wildman–Crippen MR) is 51.6 cm³/mol. The third-order valence-corrected chi connectivity index (χ3v) is 2.57. The molecule has 2 rings (SSSR count). The van der Waals surface area contributed by atoms with Gasteiger partial charge in [-0.05, 0) is 26.3 Å². The highest BCUT2D eigenvalue weighted by Crippen LogP contribution is 2.23. The van der Waals surface area contributed by atoms with Gasteiger partial charge in [0.05, 0.1) is 0 Å². The third kappa shape index (κ3) is 1.86. The molecule has 0 amide bonds. The fourth-order valence-corrected chi connectivity index (χ4v) is 1.86. The zero-order chi connectivity index (χ0) is 9.26. The van der Waals surface area contributed by atoms with Crippen molar-refractivity contribution >= 4 is 0 Å². The smallest absolute Gasteiger partial charge is 0.125 e. The molecule has 0 saturated carbocycles. The van der Waals surface area contributed by atoms with Crippen LogP contribution in [0.2, 0.25) is 0 Å². The zero-order valence-electron chi connectivity index (χ0n) is 8.12. The van der Waals surface area contributed by atoms with Crippen molar-refractivity contribution in [3.05, 3.63) is 23.8 Å². The van der Waals surface area contributed by atoms with Crippen LogP contribution in [0.15, 0.2) is 12.3 Å². The van der Waals surface area contributed by atoms with Crippen LogP contribution >= 0.6 is 0 Å². The summed E-state index contributed by atoms with van der Waals surface area (Å²) in [4.78, 5) is 8.54. The van der Waals surface area contributed by atoms with Gasteiger partial charge in [0.25, 0.3) is 0 Å². The van der Waals surface area contributed by atoms with Crippen molar-refractivity contribution in [1.29, 1.82) is 0 Å². The molecule has 3 nitrogen and oxygen atoms in total. The van der Waals surface area contributed by atoms with E-state index in [1.54, 1.807) is 0 Å². The molecule has 70 valence electrons. The number of nitrogens with one attached hydrogen (secondary N) is 1. The van der Waals surface area contributed by atoms with Gasteiger partial charge < -0.3 is 5.32 Å². The number of hydrogen-bond donors (Lipinski definition) is 1. The van der Waals surface area contributed by atoms with Crippen molar-refractivity contribution in [2.45, 2.75) is 32.2 Å². The largest absolute Gasteiger partial charge is 0.314 e. The lowest BCUT2D eigenvalue weighted by atomic mass is 10.0. The summed E-state index contributed by atoms with van der Waals surface area (Å²) in [6.07, 6.45) is 3.04. The molecule has 1 aromatic heterocycles. The highest BCUT2D eigenvalue weighted by Gasteiger charge is 2.22. The summed E-state index contributed by atoms with van der Waals surface area (Å²) >= 11 is 0. The van der Waals surface area contributed by atoms with Crippen LogP contribution in [0.25, 0.3) is 0 Å². The molecule has 0 spiro atoms. The van der Waals surface area contributed by atoms with Gasteiger partial charge in [0.15, 0.2) is 0 Å². The normalized spacial score (nSPS) is 27.8. The van der Waals surface area contributed by atoms with E-state index in [1.165, 1.54) is 12.1 Å². The Labute approximate surface area is 78.6 Å². The van der Waals surface area contributed by atoms with Gasteiger partial charge >= 0.3 is 0 Å². The van der Waals surface area contributed by atoms with Gasteiger partial charge in [-0.3, -0.25) is 0 Å². The van der Waals surface area contributed by atoms with Crippen molar-refractivity contribution in [2.24, 2.45) is 0 Å². The summed E-state index contributed by atoms with van der Waals surface area (Å²) in [7, 11) is 0. The lowest BCUT2D eigenvalue weighted by Gasteiger charge is -2.07. The first kappa shape index (κ1) is 8.63. The molecule has 0 radical (unpaired) electrons. The standard InChI is InChI=1S/C10H15N3/c1-7-5-9(6-12-7)10-3-4-11-8(2)13-10/h3-4,7,9,12H,5-6H2,1-2H3. The summed E-state index contributed by atoms with van der Waals surface area (Å²) in [5, 5.41) is 3.43. The Bertz CT molecular complexity index is 298. The van der Waals surface area contributed by atoms with E-state index in [-0.39, 0.29) is 0 Å². The van der Waals surface area contributed by atoms with Crippen LogP contribution in [0.5, 0.6) is 0 Å². The number of hydrogen-bond acceptors (Lipinski definition) is 3. The van der Waals surface area contributed by atoms with Crippen LogP contribution < -0.4 is 5.32 Å². The Hall–Kier alpha value is -0.960. The molecule has 0 aromatic carbocycles. The maximum absolute atomic E-state index is 4.44. The van der Waals surface area contributed by atoms with E-state index in [1.807, 2.05) is 19.2 Å². The predicted octanol–water partition coefficient (Wildman–Crippen LogP) is 1.25. The van der Waals surface area contributed by atoms with Gasteiger partial charge in [-0.2, -0.15) is 0 Å². The fourth-order valence-electron chi connectivity index (χ4n) is 1.86. The van der Waals surface area contributed by atoms with Crippen LogP contribution in [0.4, 0.5) is 0 Å². The molecule has 1 saturated heterocycles. The fraction of sp³-hybridized carbons (Fsp3) is 0.600. The molecule has 1 aliphatic heterocycles. The van der Waals surface area contributed by atoms with Crippen LogP contribution in [0.3, 0.4) is 0 Å². The molecule has 0 bridgehead atoms.